The van der Waals surface area contributed by atoms with Gasteiger partial charge in [-0.2, -0.15) is 0 Å². The van der Waals surface area contributed by atoms with Crippen molar-refractivity contribution >= 4 is 5.91 Å². The number of benzene rings is 1. The third kappa shape index (κ3) is 3.77. The number of amides is 1. The van der Waals surface area contributed by atoms with Crippen LogP contribution in [-0.4, -0.2) is 42.4 Å². The van der Waals surface area contributed by atoms with E-state index in [1.807, 2.05) is 16.8 Å². The van der Waals surface area contributed by atoms with Gasteiger partial charge in [0.25, 0.3) is 0 Å². The summed E-state index contributed by atoms with van der Waals surface area (Å²) in [5.41, 5.74) is 7.44. The predicted octanol–water partition coefficient (Wildman–Crippen LogP) is 1.34. The Balaban J connectivity index is 1.95. The molecule has 4 nitrogen and oxygen atoms in total. The number of hydrogen-bond donors (Lipinski definition) is 1. The van der Waals surface area contributed by atoms with Gasteiger partial charge in [-0.3, -0.25) is 9.69 Å². The van der Waals surface area contributed by atoms with Gasteiger partial charge in [0.15, 0.2) is 0 Å². The molecule has 0 bridgehead atoms. The molecule has 1 amide bonds. The third-order valence-electron chi connectivity index (χ3n) is 3.69. The van der Waals surface area contributed by atoms with Crippen molar-refractivity contribution in [1.82, 2.24) is 9.80 Å². The van der Waals surface area contributed by atoms with Gasteiger partial charge < -0.3 is 10.6 Å². The monoisotopic (exact) mass is 279 g/mol. The predicted molar refractivity (Wildman–Crippen MR) is 76.4 cm³/mol. The summed E-state index contributed by atoms with van der Waals surface area (Å²) >= 11 is 0. The number of halogens is 1. The molecule has 1 aliphatic heterocycles. The van der Waals surface area contributed by atoms with Crippen LogP contribution >= 0.6 is 0 Å². The fourth-order valence-electron chi connectivity index (χ4n) is 2.58. The molecule has 2 N–H and O–H groups in total. The SMILES string of the molecule is CN(CC(=O)N1CCCC1)Cc1cc(F)ccc1CN. The van der Waals surface area contributed by atoms with E-state index >= 15 is 0 Å². The van der Waals surface area contributed by atoms with Crippen molar-refractivity contribution in [2.24, 2.45) is 5.73 Å². The molecule has 0 spiro atoms. The average Bonchev–Trinajstić information content (AvgIpc) is 2.92. The van der Waals surface area contributed by atoms with Gasteiger partial charge in [-0.25, -0.2) is 4.39 Å². The Kier molecular flexibility index (Phi) is 5.09. The van der Waals surface area contributed by atoms with Gasteiger partial charge in [-0.1, -0.05) is 6.07 Å². The van der Waals surface area contributed by atoms with E-state index in [4.69, 9.17) is 5.73 Å². The summed E-state index contributed by atoms with van der Waals surface area (Å²) in [6, 6.07) is 4.63. The fraction of sp³-hybridized carbons (Fsp3) is 0.533. The van der Waals surface area contributed by atoms with E-state index in [-0.39, 0.29) is 11.7 Å². The van der Waals surface area contributed by atoms with Crippen molar-refractivity contribution in [3.8, 4) is 0 Å². The van der Waals surface area contributed by atoms with E-state index in [0.717, 1.165) is 37.1 Å². The molecule has 0 atom stereocenters. The number of hydrogen-bond acceptors (Lipinski definition) is 3. The zero-order valence-corrected chi connectivity index (χ0v) is 11.9. The average molecular weight is 279 g/mol. The molecule has 1 aliphatic rings. The lowest BCUT2D eigenvalue weighted by atomic mass is 10.1. The molecule has 1 saturated heterocycles. The topological polar surface area (TPSA) is 49.6 Å². The maximum Gasteiger partial charge on any atom is 0.236 e. The first-order chi connectivity index (χ1) is 9.60. The first kappa shape index (κ1) is 14.9. The zero-order chi connectivity index (χ0) is 14.5. The van der Waals surface area contributed by atoms with E-state index in [1.54, 1.807) is 6.07 Å². The minimum absolute atomic E-state index is 0.149. The lowest BCUT2D eigenvalue weighted by Gasteiger charge is -2.22. The molecule has 1 aromatic rings. The molecule has 0 radical (unpaired) electrons. The third-order valence-corrected chi connectivity index (χ3v) is 3.69. The molecule has 2 rings (SSSR count). The summed E-state index contributed by atoms with van der Waals surface area (Å²) in [7, 11) is 1.87. The number of nitrogens with two attached hydrogens (primary N) is 1. The Morgan fingerprint density at radius 1 is 1.35 bits per heavy atom. The lowest BCUT2D eigenvalue weighted by molar-refractivity contribution is -0.131. The molecule has 1 heterocycles. The van der Waals surface area contributed by atoms with Crippen LogP contribution in [-0.2, 0) is 17.9 Å². The van der Waals surface area contributed by atoms with E-state index < -0.39 is 0 Å². The normalized spacial score (nSPS) is 15.1. The van der Waals surface area contributed by atoms with E-state index in [9.17, 15) is 9.18 Å². The molecular formula is C15H22FN3O. The standard InChI is InChI=1S/C15H22FN3O/c1-18(11-15(20)19-6-2-3-7-19)10-13-8-14(16)5-4-12(13)9-17/h4-5,8H,2-3,6-7,9-11,17H2,1H3. The van der Waals surface area contributed by atoms with Crippen LogP contribution in [0.2, 0.25) is 0 Å². The molecule has 0 aromatic heterocycles. The number of likely N-dealkylation sites (N-methyl/N-ethyl adjacent to an activating group) is 1. The Bertz CT molecular complexity index is 472. The van der Waals surface area contributed by atoms with Crippen LogP contribution in [0.15, 0.2) is 18.2 Å². The van der Waals surface area contributed by atoms with Crippen molar-refractivity contribution < 1.29 is 9.18 Å². The molecule has 0 aliphatic carbocycles. The summed E-state index contributed by atoms with van der Waals surface area (Å²) in [5, 5.41) is 0. The lowest BCUT2D eigenvalue weighted by Crippen LogP contribution is -2.37. The van der Waals surface area contributed by atoms with Crippen molar-refractivity contribution in [2.45, 2.75) is 25.9 Å². The maximum atomic E-state index is 13.3. The van der Waals surface area contributed by atoms with Gasteiger partial charge in [-0.05, 0) is 43.1 Å². The number of carbonyl (C=O) groups excluding carboxylic acids is 1. The van der Waals surface area contributed by atoms with E-state index in [1.165, 1.54) is 12.1 Å². The summed E-state index contributed by atoms with van der Waals surface area (Å²) in [4.78, 5) is 15.9. The summed E-state index contributed by atoms with van der Waals surface area (Å²) < 4.78 is 13.3. The molecular weight excluding hydrogens is 257 g/mol. The van der Waals surface area contributed by atoms with Crippen LogP contribution < -0.4 is 5.73 Å². The maximum absolute atomic E-state index is 13.3. The van der Waals surface area contributed by atoms with Gasteiger partial charge in [0, 0.05) is 26.2 Å². The van der Waals surface area contributed by atoms with Crippen LogP contribution in [0.4, 0.5) is 4.39 Å². The van der Waals surface area contributed by atoms with Crippen molar-refractivity contribution in [1.29, 1.82) is 0 Å². The highest BCUT2D eigenvalue weighted by atomic mass is 19.1. The Hall–Kier alpha value is -1.46. The van der Waals surface area contributed by atoms with Gasteiger partial charge in [-0.15, -0.1) is 0 Å². The largest absolute Gasteiger partial charge is 0.342 e. The number of rotatable bonds is 5. The van der Waals surface area contributed by atoms with Crippen LogP contribution in [0.25, 0.3) is 0 Å². The quantitative estimate of drug-likeness (QED) is 0.885. The highest BCUT2D eigenvalue weighted by Crippen LogP contribution is 2.14. The second-order valence-electron chi connectivity index (χ2n) is 5.38. The smallest absolute Gasteiger partial charge is 0.236 e. The van der Waals surface area contributed by atoms with Crippen molar-refractivity contribution in [2.75, 3.05) is 26.7 Å². The minimum Gasteiger partial charge on any atom is -0.342 e. The molecule has 1 aromatic carbocycles. The second-order valence-corrected chi connectivity index (χ2v) is 5.38. The van der Waals surface area contributed by atoms with Gasteiger partial charge in [0.05, 0.1) is 6.54 Å². The number of likely N-dealkylation sites (tertiary alicyclic amines) is 1. The van der Waals surface area contributed by atoms with Crippen molar-refractivity contribution in [3.05, 3.63) is 35.1 Å². The van der Waals surface area contributed by atoms with Gasteiger partial charge in [0.1, 0.15) is 5.82 Å². The summed E-state index contributed by atoms with van der Waals surface area (Å²) in [6.45, 7) is 3.00. The minimum atomic E-state index is -0.267. The molecule has 5 heteroatoms. The van der Waals surface area contributed by atoms with E-state index in [0.29, 0.717) is 19.6 Å². The van der Waals surface area contributed by atoms with Crippen LogP contribution in [0.5, 0.6) is 0 Å². The summed E-state index contributed by atoms with van der Waals surface area (Å²) in [6.07, 6.45) is 2.19. The zero-order valence-electron chi connectivity index (χ0n) is 11.9. The van der Waals surface area contributed by atoms with Crippen LogP contribution in [0.3, 0.4) is 0 Å². The molecule has 20 heavy (non-hydrogen) atoms. The molecule has 0 saturated carbocycles. The van der Waals surface area contributed by atoms with Crippen LogP contribution in [0, 0.1) is 5.82 Å². The molecule has 110 valence electrons. The molecule has 0 unspecified atom stereocenters. The van der Waals surface area contributed by atoms with Gasteiger partial charge >= 0.3 is 0 Å². The molecule has 1 fully saturated rings. The van der Waals surface area contributed by atoms with Crippen molar-refractivity contribution in [3.63, 3.8) is 0 Å². The Labute approximate surface area is 119 Å². The van der Waals surface area contributed by atoms with E-state index in [2.05, 4.69) is 0 Å². The highest BCUT2D eigenvalue weighted by Gasteiger charge is 2.19. The second kappa shape index (κ2) is 6.81. The number of carbonyl (C=O) groups is 1. The number of nitrogens with zero attached hydrogens (tertiary/aromatic N) is 2. The van der Waals surface area contributed by atoms with Crippen LogP contribution in [0.1, 0.15) is 24.0 Å². The Morgan fingerprint density at radius 2 is 2.05 bits per heavy atom. The first-order valence-electron chi connectivity index (χ1n) is 7.04. The fourth-order valence-corrected chi connectivity index (χ4v) is 2.58. The summed E-state index contributed by atoms with van der Waals surface area (Å²) in [5.74, 6) is -0.118. The Morgan fingerprint density at radius 3 is 2.70 bits per heavy atom. The highest BCUT2D eigenvalue weighted by molar-refractivity contribution is 5.78. The first-order valence-corrected chi connectivity index (χ1v) is 7.04. The van der Waals surface area contributed by atoms with Gasteiger partial charge in [0.2, 0.25) is 5.91 Å².